The molecule has 0 fully saturated rings. The number of carbonyl (C=O) groups excluding carboxylic acids is 4. The molecule has 232 valence electrons. The normalized spacial score (nSPS) is 12.3. The summed E-state index contributed by atoms with van der Waals surface area (Å²) in [5.74, 6) is -1.83. The Kier molecular flexibility index (Phi) is 9.89. The number of Topliss-reactive ketones (excluding diaryl/α,β-unsaturated/α-hetero) is 1. The van der Waals surface area contributed by atoms with Gasteiger partial charge in [-0.25, -0.2) is 19.2 Å². The van der Waals surface area contributed by atoms with Crippen LogP contribution in [-0.2, 0) is 19.0 Å². The van der Waals surface area contributed by atoms with Gasteiger partial charge in [0.1, 0.15) is 17.2 Å². The minimum atomic E-state index is -1.28. The van der Waals surface area contributed by atoms with Crippen LogP contribution in [0, 0.1) is 0 Å². The highest BCUT2D eigenvalue weighted by molar-refractivity contribution is 6.12. The average Bonchev–Trinajstić information content (AvgIpc) is 3.31. The number of hydrogen-bond acceptors (Lipinski definition) is 11. The van der Waals surface area contributed by atoms with Gasteiger partial charge in [0, 0.05) is 17.7 Å². The van der Waals surface area contributed by atoms with Crippen molar-refractivity contribution in [2.24, 2.45) is 0 Å². The third-order valence-corrected chi connectivity index (χ3v) is 5.55. The fourth-order valence-corrected chi connectivity index (χ4v) is 3.88. The highest BCUT2D eigenvalue weighted by atomic mass is 16.7. The van der Waals surface area contributed by atoms with Crippen molar-refractivity contribution in [3.63, 3.8) is 0 Å². The predicted molar refractivity (Wildman–Crippen MR) is 153 cm³/mol. The van der Waals surface area contributed by atoms with Crippen molar-refractivity contribution in [2.75, 3.05) is 6.61 Å². The maximum Gasteiger partial charge on any atom is 0.514 e. The van der Waals surface area contributed by atoms with E-state index in [-0.39, 0.29) is 47.7 Å². The van der Waals surface area contributed by atoms with Crippen LogP contribution in [0.25, 0.3) is 21.7 Å². The van der Waals surface area contributed by atoms with Crippen LogP contribution in [0.5, 0.6) is 11.5 Å². The van der Waals surface area contributed by atoms with Crippen LogP contribution in [0.2, 0.25) is 0 Å². The van der Waals surface area contributed by atoms with Gasteiger partial charge in [0.25, 0.3) is 0 Å². The average molecular weight is 602 g/mol. The Morgan fingerprint density at radius 2 is 1.44 bits per heavy atom. The van der Waals surface area contributed by atoms with Crippen LogP contribution in [0.4, 0.5) is 14.4 Å². The van der Waals surface area contributed by atoms with Crippen molar-refractivity contribution in [3.05, 3.63) is 36.1 Å². The van der Waals surface area contributed by atoms with E-state index in [0.717, 1.165) is 0 Å². The zero-order chi connectivity index (χ0) is 32.1. The Morgan fingerprint density at radius 1 is 0.860 bits per heavy atom. The largest absolute Gasteiger partial charge is 0.514 e. The zero-order valence-corrected chi connectivity index (χ0v) is 25.0. The summed E-state index contributed by atoms with van der Waals surface area (Å²) in [7, 11) is 0. The number of ketones is 1. The molecule has 1 aromatic heterocycles. The molecular formula is C30H35NO12. The monoisotopic (exact) mass is 601 g/mol. The maximum absolute atomic E-state index is 12.7. The minimum Gasteiger partial charge on any atom is -0.480 e. The summed E-state index contributed by atoms with van der Waals surface area (Å²) < 4.78 is 32.3. The lowest BCUT2D eigenvalue weighted by atomic mass is 10.1. The smallest absolute Gasteiger partial charge is 0.480 e. The second-order valence-electron chi connectivity index (χ2n) is 11.6. The molecule has 2 N–H and O–H groups in total. The molecule has 0 aliphatic heterocycles. The third kappa shape index (κ3) is 9.09. The van der Waals surface area contributed by atoms with E-state index in [1.54, 1.807) is 65.8 Å². The van der Waals surface area contributed by atoms with Crippen LogP contribution >= 0.6 is 0 Å². The van der Waals surface area contributed by atoms with Gasteiger partial charge in [-0.1, -0.05) is 24.3 Å². The molecule has 2 aromatic carbocycles. The first-order valence-corrected chi connectivity index (χ1v) is 13.4. The maximum atomic E-state index is 12.7. The Labute approximate surface area is 247 Å². The second kappa shape index (κ2) is 13.0. The molecule has 1 amide bonds. The van der Waals surface area contributed by atoms with Crippen LogP contribution in [0.15, 0.2) is 34.7 Å². The fraction of sp³-hybridized carbons (Fsp3) is 0.433. The lowest BCUT2D eigenvalue weighted by Crippen LogP contribution is -2.43. The third-order valence-electron chi connectivity index (χ3n) is 5.55. The molecule has 0 saturated heterocycles. The Morgan fingerprint density at radius 3 is 2.00 bits per heavy atom. The van der Waals surface area contributed by atoms with E-state index in [0.29, 0.717) is 10.8 Å². The molecule has 0 aliphatic rings. The van der Waals surface area contributed by atoms with Gasteiger partial charge in [0.05, 0.1) is 12.0 Å². The number of benzene rings is 2. The number of ether oxygens (including phenoxy) is 5. The van der Waals surface area contributed by atoms with E-state index in [1.165, 1.54) is 13.0 Å². The van der Waals surface area contributed by atoms with E-state index in [4.69, 9.17) is 28.1 Å². The van der Waals surface area contributed by atoms with E-state index in [2.05, 4.69) is 5.32 Å². The second-order valence-corrected chi connectivity index (χ2v) is 11.6. The van der Waals surface area contributed by atoms with Crippen molar-refractivity contribution in [1.82, 2.24) is 5.32 Å². The fourth-order valence-electron chi connectivity index (χ4n) is 3.88. The van der Waals surface area contributed by atoms with Gasteiger partial charge in [-0.2, -0.15) is 0 Å². The standard InChI is InChI=1S/C30H35NO12/c1-16(32)21-15-19-22(40-27(36)38-14-10-13-20(25(33)34)31-26(35)42-29(2,3)4)17-11-8-9-12-18(17)23(24(19)39-21)41-28(37)43-30(5,6)7/h8-9,11-12,15,20H,10,13-14H2,1-7H3,(H,31,35)(H,33,34)/t20-/m0/s1. The van der Waals surface area contributed by atoms with E-state index in [9.17, 15) is 29.1 Å². The minimum absolute atomic E-state index is 0.0154. The van der Waals surface area contributed by atoms with Gasteiger partial charge in [-0.15, -0.1) is 0 Å². The molecule has 3 aromatic rings. The number of alkyl carbamates (subject to hydrolysis) is 1. The molecule has 13 heteroatoms. The number of furan rings is 1. The number of fused-ring (bicyclic) bond motifs is 2. The highest BCUT2D eigenvalue weighted by Crippen LogP contribution is 2.44. The van der Waals surface area contributed by atoms with E-state index >= 15 is 0 Å². The molecule has 0 unspecified atom stereocenters. The lowest BCUT2D eigenvalue weighted by Gasteiger charge is -2.22. The molecule has 13 nitrogen and oxygen atoms in total. The molecule has 0 aliphatic carbocycles. The number of nitrogens with one attached hydrogen (secondary N) is 1. The lowest BCUT2D eigenvalue weighted by molar-refractivity contribution is -0.139. The van der Waals surface area contributed by atoms with Crippen LogP contribution in [-0.4, -0.2) is 59.1 Å². The molecular weight excluding hydrogens is 566 g/mol. The first-order chi connectivity index (χ1) is 19.9. The number of aliphatic carboxylic acids is 1. The summed E-state index contributed by atoms with van der Waals surface area (Å²) in [6.45, 7) is 11.0. The summed E-state index contributed by atoms with van der Waals surface area (Å²) in [5.41, 5.74) is -1.69. The highest BCUT2D eigenvalue weighted by Gasteiger charge is 2.28. The molecule has 1 atom stereocenters. The first-order valence-electron chi connectivity index (χ1n) is 13.4. The summed E-state index contributed by atoms with van der Waals surface area (Å²) in [5, 5.41) is 12.5. The molecule has 0 spiro atoms. The summed E-state index contributed by atoms with van der Waals surface area (Å²) in [6, 6.07) is 6.63. The van der Waals surface area contributed by atoms with Crippen molar-refractivity contribution in [1.29, 1.82) is 0 Å². The van der Waals surface area contributed by atoms with Gasteiger partial charge in [0.2, 0.25) is 0 Å². The van der Waals surface area contributed by atoms with Crippen molar-refractivity contribution in [3.8, 4) is 11.5 Å². The topological polar surface area (TPSA) is 177 Å². The zero-order valence-electron chi connectivity index (χ0n) is 25.0. The number of carboxylic acid groups (broad SMARTS) is 1. The van der Waals surface area contributed by atoms with Crippen LogP contribution < -0.4 is 14.8 Å². The predicted octanol–water partition coefficient (Wildman–Crippen LogP) is 6.38. The van der Waals surface area contributed by atoms with Crippen molar-refractivity contribution in [2.45, 2.75) is 78.6 Å². The number of carboxylic acids is 1. The van der Waals surface area contributed by atoms with Crippen molar-refractivity contribution < 1.29 is 57.2 Å². The SMILES string of the molecule is CC(=O)c1cc2c(OC(=O)OCCC[C@H](NC(=O)OC(C)(C)C)C(=O)O)c3ccccc3c(OC(=O)OC(C)(C)C)c2o1. The van der Waals surface area contributed by atoms with Gasteiger partial charge in [-0.3, -0.25) is 4.79 Å². The Balaban J connectivity index is 1.81. The molecule has 1 heterocycles. The molecule has 0 bridgehead atoms. The van der Waals surface area contributed by atoms with Crippen LogP contribution in [0.3, 0.4) is 0 Å². The van der Waals surface area contributed by atoms with Gasteiger partial charge >= 0.3 is 24.4 Å². The van der Waals surface area contributed by atoms with Gasteiger partial charge in [-0.05, 0) is 60.5 Å². The van der Waals surface area contributed by atoms with Gasteiger partial charge < -0.3 is 38.5 Å². The quantitative estimate of drug-likeness (QED) is 0.0911. The van der Waals surface area contributed by atoms with Gasteiger partial charge in [0.15, 0.2) is 28.6 Å². The molecule has 0 saturated carbocycles. The summed E-state index contributed by atoms with van der Waals surface area (Å²) in [4.78, 5) is 60.9. The molecule has 0 radical (unpaired) electrons. The number of carbonyl (C=O) groups is 5. The Hall–Kier alpha value is -4.81. The summed E-state index contributed by atoms with van der Waals surface area (Å²) in [6.07, 6.45) is -3.00. The number of hydrogen-bond donors (Lipinski definition) is 2. The summed E-state index contributed by atoms with van der Waals surface area (Å²) >= 11 is 0. The van der Waals surface area contributed by atoms with Crippen molar-refractivity contribution >= 4 is 51.9 Å². The van der Waals surface area contributed by atoms with E-state index in [1.807, 2.05) is 0 Å². The number of amides is 1. The van der Waals surface area contributed by atoms with E-state index < -0.39 is 47.4 Å². The number of rotatable bonds is 9. The molecule has 3 rings (SSSR count). The molecule has 43 heavy (non-hydrogen) atoms. The first kappa shape index (κ1) is 32.7. The van der Waals surface area contributed by atoms with Crippen LogP contribution in [0.1, 0.15) is 71.9 Å². The Bertz CT molecular complexity index is 1540.